The number of alkyl halides is 5. The first kappa shape index (κ1) is 24.3. The van der Waals surface area contributed by atoms with Crippen LogP contribution in [0.4, 0.5) is 22.0 Å². The molecule has 0 aliphatic heterocycles. The van der Waals surface area contributed by atoms with E-state index in [1.54, 1.807) is 0 Å². The van der Waals surface area contributed by atoms with E-state index in [1.807, 2.05) is 0 Å². The molecule has 2 aromatic rings. The molecule has 5 nitrogen and oxygen atoms in total. The standard InChI is InChI=1S/C21H20F5NO4/c1-11(12(2)28)27-10-13-8-15(21(24,25)26)4-6-16(13)17-9-14(5-7-18(17)31-3)20(22,23)19(29)30/h4-9,11,27H,10H2,1-3H3,(H,29,30). The number of carboxylic acids is 1. The van der Waals surface area contributed by atoms with Gasteiger partial charge in [-0.05, 0) is 55.3 Å². The zero-order valence-electron chi connectivity index (χ0n) is 16.8. The van der Waals surface area contributed by atoms with Gasteiger partial charge in [-0.15, -0.1) is 0 Å². The number of aliphatic carboxylic acids is 1. The zero-order valence-corrected chi connectivity index (χ0v) is 16.8. The third-order valence-corrected chi connectivity index (χ3v) is 4.76. The highest BCUT2D eigenvalue weighted by molar-refractivity contribution is 5.81. The van der Waals surface area contributed by atoms with E-state index in [-0.39, 0.29) is 34.8 Å². The van der Waals surface area contributed by atoms with E-state index in [4.69, 9.17) is 9.84 Å². The lowest BCUT2D eigenvalue weighted by atomic mass is 9.93. The van der Waals surface area contributed by atoms with Crippen molar-refractivity contribution in [3.05, 3.63) is 53.1 Å². The van der Waals surface area contributed by atoms with Crippen LogP contribution in [0.5, 0.6) is 5.75 Å². The molecule has 168 valence electrons. The quantitative estimate of drug-likeness (QED) is 0.580. The molecular weight excluding hydrogens is 425 g/mol. The number of carboxylic acid groups (broad SMARTS) is 1. The topological polar surface area (TPSA) is 75.6 Å². The van der Waals surface area contributed by atoms with Gasteiger partial charge in [-0.1, -0.05) is 6.07 Å². The SMILES string of the molecule is COc1ccc(C(F)(F)C(=O)O)cc1-c1ccc(C(F)(F)F)cc1CNC(C)C(C)=O. The van der Waals surface area contributed by atoms with Gasteiger partial charge in [0.15, 0.2) is 0 Å². The van der Waals surface area contributed by atoms with E-state index in [9.17, 15) is 31.5 Å². The Morgan fingerprint density at radius 2 is 1.65 bits per heavy atom. The van der Waals surface area contributed by atoms with Crippen molar-refractivity contribution >= 4 is 11.8 Å². The number of Topliss-reactive ketones (excluding diaryl/α,β-unsaturated/α-hetero) is 1. The fourth-order valence-electron chi connectivity index (χ4n) is 2.82. The number of carbonyl (C=O) groups is 2. The molecule has 2 rings (SSSR count). The maximum absolute atomic E-state index is 14.0. The molecule has 0 radical (unpaired) electrons. The van der Waals surface area contributed by atoms with E-state index in [2.05, 4.69) is 5.32 Å². The molecule has 0 fully saturated rings. The summed E-state index contributed by atoms with van der Waals surface area (Å²) in [6, 6.07) is 4.93. The van der Waals surface area contributed by atoms with Gasteiger partial charge in [0, 0.05) is 17.7 Å². The highest BCUT2D eigenvalue weighted by Crippen LogP contribution is 2.40. The summed E-state index contributed by atoms with van der Waals surface area (Å²) in [5.41, 5.74) is -1.64. The molecule has 31 heavy (non-hydrogen) atoms. The lowest BCUT2D eigenvalue weighted by molar-refractivity contribution is -0.166. The Balaban J connectivity index is 2.67. The lowest BCUT2D eigenvalue weighted by Crippen LogP contribution is -2.32. The fourth-order valence-corrected chi connectivity index (χ4v) is 2.82. The van der Waals surface area contributed by atoms with Crippen LogP contribution in [0.3, 0.4) is 0 Å². The average molecular weight is 445 g/mol. The van der Waals surface area contributed by atoms with Crippen LogP contribution in [-0.2, 0) is 28.2 Å². The molecule has 2 aromatic carbocycles. The summed E-state index contributed by atoms with van der Waals surface area (Å²) >= 11 is 0. The highest BCUT2D eigenvalue weighted by atomic mass is 19.4. The van der Waals surface area contributed by atoms with Crippen LogP contribution in [0.15, 0.2) is 36.4 Å². The van der Waals surface area contributed by atoms with Gasteiger partial charge in [0.2, 0.25) is 0 Å². The maximum atomic E-state index is 14.0. The summed E-state index contributed by atoms with van der Waals surface area (Å²) < 4.78 is 72.9. The van der Waals surface area contributed by atoms with Crippen molar-refractivity contribution in [1.29, 1.82) is 0 Å². The van der Waals surface area contributed by atoms with E-state index >= 15 is 0 Å². The molecule has 0 heterocycles. The van der Waals surface area contributed by atoms with Gasteiger partial charge in [-0.25, -0.2) is 4.79 Å². The van der Waals surface area contributed by atoms with Gasteiger partial charge in [0.25, 0.3) is 0 Å². The van der Waals surface area contributed by atoms with Crippen molar-refractivity contribution < 1.29 is 41.4 Å². The molecule has 0 spiro atoms. The molecule has 0 amide bonds. The van der Waals surface area contributed by atoms with E-state index < -0.39 is 35.2 Å². The number of carbonyl (C=O) groups excluding carboxylic acids is 1. The number of hydrogen-bond acceptors (Lipinski definition) is 4. The number of nitrogens with one attached hydrogen (secondary N) is 1. The molecule has 2 N–H and O–H groups in total. The number of ketones is 1. The van der Waals surface area contributed by atoms with Crippen molar-refractivity contribution in [3.8, 4) is 16.9 Å². The van der Waals surface area contributed by atoms with Crippen molar-refractivity contribution in [2.75, 3.05) is 7.11 Å². The van der Waals surface area contributed by atoms with E-state index in [1.165, 1.54) is 21.0 Å². The van der Waals surface area contributed by atoms with Crippen molar-refractivity contribution in [1.82, 2.24) is 5.32 Å². The summed E-state index contributed by atoms with van der Waals surface area (Å²) in [4.78, 5) is 22.4. The molecule has 10 heteroatoms. The van der Waals surface area contributed by atoms with Gasteiger partial charge >= 0.3 is 18.1 Å². The molecule has 1 unspecified atom stereocenters. The van der Waals surface area contributed by atoms with Gasteiger partial charge in [0.1, 0.15) is 11.5 Å². The number of methoxy groups -OCH3 is 1. The van der Waals surface area contributed by atoms with Gasteiger partial charge in [0.05, 0.1) is 18.7 Å². The smallest absolute Gasteiger partial charge is 0.416 e. The summed E-state index contributed by atoms with van der Waals surface area (Å²) in [6.07, 6.45) is -4.65. The second-order valence-electron chi connectivity index (χ2n) is 6.88. The number of ether oxygens (including phenoxy) is 1. The van der Waals surface area contributed by atoms with Crippen LogP contribution in [-0.4, -0.2) is 30.0 Å². The average Bonchev–Trinajstić information content (AvgIpc) is 2.70. The van der Waals surface area contributed by atoms with Crippen LogP contribution in [0.1, 0.15) is 30.5 Å². The van der Waals surface area contributed by atoms with Crippen LogP contribution in [0, 0.1) is 0 Å². The molecule has 0 bridgehead atoms. The second kappa shape index (κ2) is 9.01. The minimum atomic E-state index is -4.65. The number of benzene rings is 2. The Bertz CT molecular complexity index is 988. The lowest BCUT2D eigenvalue weighted by Gasteiger charge is -2.19. The van der Waals surface area contributed by atoms with Crippen LogP contribution < -0.4 is 10.1 Å². The molecule has 0 saturated carbocycles. The van der Waals surface area contributed by atoms with Gasteiger partial charge < -0.3 is 15.2 Å². The number of rotatable bonds is 8. The number of hydrogen-bond donors (Lipinski definition) is 2. The van der Waals surface area contributed by atoms with Crippen molar-refractivity contribution in [3.63, 3.8) is 0 Å². The highest BCUT2D eigenvalue weighted by Gasteiger charge is 2.41. The van der Waals surface area contributed by atoms with Gasteiger partial charge in [-0.2, -0.15) is 22.0 Å². The molecule has 1 atom stereocenters. The monoisotopic (exact) mass is 445 g/mol. The summed E-state index contributed by atoms with van der Waals surface area (Å²) in [6.45, 7) is 2.66. The fraction of sp³-hybridized carbons (Fsp3) is 0.333. The van der Waals surface area contributed by atoms with Gasteiger partial charge in [-0.3, -0.25) is 4.79 Å². The third-order valence-electron chi connectivity index (χ3n) is 4.76. The predicted octanol–water partition coefficient (Wildman–Crippen LogP) is 4.62. The molecular formula is C21H20F5NO4. The Hall–Kier alpha value is -3.01. The normalized spacial score (nSPS) is 13.0. The molecule has 0 saturated heterocycles. The summed E-state index contributed by atoms with van der Waals surface area (Å²) in [5, 5.41) is 11.6. The first-order valence-electron chi connectivity index (χ1n) is 9.03. The largest absolute Gasteiger partial charge is 0.496 e. The molecule has 0 aliphatic carbocycles. The Kier molecular flexibility index (Phi) is 7.05. The predicted molar refractivity (Wildman–Crippen MR) is 102 cm³/mol. The van der Waals surface area contributed by atoms with E-state index in [0.717, 1.165) is 36.4 Å². The minimum Gasteiger partial charge on any atom is -0.496 e. The molecule has 0 aromatic heterocycles. The Labute approximate surface area is 174 Å². The van der Waals surface area contributed by atoms with Crippen LogP contribution >= 0.6 is 0 Å². The van der Waals surface area contributed by atoms with Crippen molar-refractivity contribution in [2.24, 2.45) is 0 Å². The number of halogens is 5. The van der Waals surface area contributed by atoms with Crippen molar-refractivity contribution in [2.45, 2.75) is 38.5 Å². The molecule has 0 aliphatic rings. The Morgan fingerprint density at radius 3 is 2.16 bits per heavy atom. The zero-order chi connectivity index (χ0) is 23.6. The minimum absolute atomic E-state index is 0.0121. The van der Waals surface area contributed by atoms with Crippen LogP contribution in [0.25, 0.3) is 11.1 Å². The summed E-state index contributed by atoms with van der Waals surface area (Å²) in [5.74, 6) is -6.76. The van der Waals surface area contributed by atoms with Crippen LogP contribution in [0.2, 0.25) is 0 Å². The second-order valence-corrected chi connectivity index (χ2v) is 6.88. The first-order chi connectivity index (χ1) is 14.3. The van der Waals surface area contributed by atoms with E-state index in [0.29, 0.717) is 0 Å². The Morgan fingerprint density at radius 1 is 1.03 bits per heavy atom. The summed E-state index contributed by atoms with van der Waals surface area (Å²) in [7, 11) is 1.24. The first-order valence-corrected chi connectivity index (χ1v) is 9.03. The third kappa shape index (κ3) is 5.38. The maximum Gasteiger partial charge on any atom is 0.416 e.